The molecule has 1 atom stereocenters. The predicted molar refractivity (Wildman–Crippen MR) is 114 cm³/mol. The average molecular weight is 403 g/mol. The van der Waals surface area contributed by atoms with Crippen LogP contribution in [0.3, 0.4) is 0 Å². The highest BCUT2D eigenvalue weighted by atomic mass is 35.5. The fourth-order valence-corrected chi connectivity index (χ4v) is 3.58. The van der Waals surface area contributed by atoms with Crippen molar-refractivity contribution < 1.29 is 4.79 Å². The van der Waals surface area contributed by atoms with E-state index in [1.54, 1.807) is 6.07 Å². The second-order valence-electron chi connectivity index (χ2n) is 7.25. The largest absolute Gasteiger partial charge is 0.361 e. The molecule has 0 aliphatic carbocycles. The molecule has 1 heterocycles. The van der Waals surface area contributed by atoms with E-state index in [0.29, 0.717) is 28.9 Å². The lowest BCUT2D eigenvalue weighted by atomic mass is 9.88. The number of nitrogens with one attached hydrogen (secondary N) is 2. The van der Waals surface area contributed by atoms with E-state index >= 15 is 0 Å². The number of amides is 1. The first-order valence-electron chi connectivity index (χ1n) is 9.23. The summed E-state index contributed by atoms with van der Waals surface area (Å²) in [6.07, 6.45) is 3.31. The Hall–Kier alpha value is -1.97. The molecule has 0 unspecified atom stereocenters. The Morgan fingerprint density at radius 2 is 1.89 bits per heavy atom. The summed E-state index contributed by atoms with van der Waals surface area (Å²) >= 11 is 12.3. The van der Waals surface area contributed by atoms with Crippen LogP contribution in [0.4, 0.5) is 0 Å². The first-order chi connectivity index (χ1) is 13.0. The molecule has 27 heavy (non-hydrogen) atoms. The summed E-state index contributed by atoms with van der Waals surface area (Å²) in [4.78, 5) is 15.9. The zero-order chi connectivity index (χ0) is 19.4. The van der Waals surface area contributed by atoms with Gasteiger partial charge in [-0.2, -0.15) is 0 Å². The summed E-state index contributed by atoms with van der Waals surface area (Å²) in [7, 11) is 0. The Labute approximate surface area is 170 Å². The molecule has 0 bridgehead atoms. The van der Waals surface area contributed by atoms with E-state index in [1.807, 2.05) is 36.5 Å². The second kappa shape index (κ2) is 8.81. The maximum absolute atomic E-state index is 12.6. The zero-order valence-electron chi connectivity index (χ0n) is 15.6. The first kappa shape index (κ1) is 19.8. The number of benzene rings is 2. The van der Waals surface area contributed by atoms with Gasteiger partial charge in [-0.1, -0.05) is 61.3 Å². The number of carbonyl (C=O) groups is 1. The lowest BCUT2D eigenvalue weighted by Crippen LogP contribution is -2.27. The minimum absolute atomic E-state index is 0.0389. The summed E-state index contributed by atoms with van der Waals surface area (Å²) in [5.41, 5.74) is 3.12. The smallest absolute Gasteiger partial charge is 0.220 e. The number of H-pyrrole nitrogens is 1. The van der Waals surface area contributed by atoms with Crippen molar-refractivity contribution in [3.63, 3.8) is 0 Å². The number of para-hydroxylation sites is 1. The van der Waals surface area contributed by atoms with Crippen LogP contribution in [-0.2, 0) is 4.79 Å². The third-order valence-corrected chi connectivity index (χ3v) is 5.52. The minimum Gasteiger partial charge on any atom is -0.361 e. The maximum atomic E-state index is 12.6. The normalized spacial score (nSPS) is 12.5. The van der Waals surface area contributed by atoms with E-state index in [1.165, 1.54) is 0 Å². The molecule has 0 saturated carbocycles. The molecular weight excluding hydrogens is 379 g/mol. The fraction of sp³-hybridized carbons (Fsp3) is 0.318. The Balaban J connectivity index is 1.91. The molecule has 1 amide bonds. The third-order valence-electron chi connectivity index (χ3n) is 4.78. The Morgan fingerprint density at radius 3 is 2.63 bits per heavy atom. The van der Waals surface area contributed by atoms with Gasteiger partial charge in [-0.05, 0) is 41.7 Å². The summed E-state index contributed by atoms with van der Waals surface area (Å²) in [5, 5.41) is 5.17. The van der Waals surface area contributed by atoms with Crippen molar-refractivity contribution in [3.05, 3.63) is 69.8 Å². The number of hydrogen-bond donors (Lipinski definition) is 2. The molecule has 0 radical (unpaired) electrons. The Bertz CT molecular complexity index is 933. The van der Waals surface area contributed by atoms with Crippen molar-refractivity contribution in [1.82, 2.24) is 10.3 Å². The van der Waals surface area contributed by atoms with Crippen molar-refractivity contribution in [1.29, 1.82) is 0 Å². The van der Waals surface area contributed by atoms with E-state index in [9.17, 15) is 4.79 Å². The molecule has 3 aromatic rings. The number of aromatic nitrogens is 1. The van der Waals surface area contributed by atoms with E-state index < -0.39 is 0 Å². The van der Waals surface area contributed by atoms with E-state index in [4.69, 9.17) is 23.2 Å². The van der Waals surface area contributed by atoms with Gasteiger partial charge in [-0.3, -0.25) is 4.79 Å². The van der Waals surface area contributed by atoms with Gasteiger partial charge < -0.3 is 10.3 Å². The van der Waals surface area contributed by atoms with E-state index in [0.717, 1.165) is 28.5 Å². The maximum Gasteiger partial charge on any atom is 0.220 e. The lowest BCUT2D eigenvalue weighted by Gasteiger charge is -2.18. The zero-order valence-corrected chi connectivity index (χ0v) is 17.1. The van der Waals surface area contributed by atoms with E-state index in [2.05, 4.69) is 30.2 Å². The number of carbonyl (C=O) groups excluding carboxylic acids is 1. The third kappa shape index (κ3) is 4.85. The number of fused-ring (bicyclic) bond motifs is 1. The lowest BCUT2D eigenvalue weighted by molar-refractivity contribution is -0.121. The Kier molecular flexibility index (Phi) is 6.46. The number of rotatable bonds is 7. The van der Waals surface area contributed by atoms with Crippen molar-refractivity contribution in [2.45, 2.75) is 32.6 Å². The van der Waals surface area contributed by atoms with Crippen LogP contribution >= 0.6 is 23.2 Å². The van der Waals surface area contributed by atoms with Gasteiger partial charge >= 0.3 is 0 Å². The molecule has 142 valence electrons. The van der Waals surface area contributed by atoms with Crippen molar-refractivity contribution in [2.24, 2.45) is 5.92 Å². The molecule has 0 fully saturated rings. The van der Waals surface area contributed by atoms with Crippen LogP contribution in [-0.4, -0.2) is 17.4 Å². The molecule has 1 aromatic heterocycles. The summed E-state index contributed by atoms with van der Waals surface area (Å²) < 4.78 is 0. The molecule has 3 rings (SSSR count). The molecule has 2 aromatic carbocycles. The molecule has 2 N–H and O–H groups in total. The molecule has 0 saturated heterocycles. The van der Waals surface area contributed by atoms with Crippen LogP contribution in [0, 0.1) is 5.92 Å². The van der Waals surface area contributed by atoms with Gasteiger partial charge in [0.2, 0.25) is 5.91 Å². The van der Waals surface area contributed by atoms with Crippen LogP contribution in [0.25, 0.3) is 10.9 Å². The number of halogens is 2. The van der Waals surface area contributed by atoms with Gasteiger partial charge in [0.05, 0.1) is 10.0 Å². The summed E-state index contributed by atoms with van der Waals surface area (Å²) in [5.74, 6) is 0.497. The van der Waals surface area contributed by atoms with Crippen LogP contribution in [0.1, 0.15) is 43.7 Å². The van der Waals surface area contributed by atoms with Crippen molar-refractivity contribution in [3.8, 4) is 0 Å². The van der Waals surface area contributed by atoms with Gasteiger partial charge in [0, 0.05) is 36.0 Å². The fourth-order valence-electron chi connectivity index (χ4n) is 3.28. The van der Waals surface area contributed by atoms with Gasteiger partial charge in [0.25, 0.3) is 0 Å². The predicted octanol–water partition coefficient (Wildman–Crippen LogP) is 6.16. The summed E-state index contributed by atoms with van der Waals surface area (Å²) in [6, 6.07) is 13.7. The van der Waals surface area contributed by atoms with Crippen LogP contribution < -0.4 is 5.32 Å². The SMILES string of the molecule is CC(C)CCNC(=O)C[C@@H](c1ccc(Cl)c(Cl)c1)c1c[nH]c2ccccc12. The molecule has 3 nitrogen and oxygen atoms in total. The van der Waals surface area contributed by atoms with Crippen LogP contribution in [0.15, 0.2) is 48.7 Å². The quantitative estimate of drug-likeness (QED) is 0.488. The van der Waals surface area contributed by atoms with Gasteiger partial charge in [0.1, 0.15) is 0 Å². The Morgan fingerprint density at radius 1 is 1.11 bits per heavy atom. The first-order valence-corrected chi connectivity index (χ1v) is 9.99. The molecule has 5 heteroatoms. The highest BCUT2D eigenvalue weighted by Gasteiger charge is 2.22. The monoisotopic (exact) mass is 402 g/mol. The topological polar surface area (TPSA) is 44.9 Å². The second-order valence-corrected chi connectivity index (χ2v) is 8.07. The molecule has 0 aliphatic rings. The molecular formula is C22H24Cl2N2O. The highest BCUT2D eigenvalue weighted by Crippen LogP contribution is 2.36. The standard InChI is InChI=1S/C22H24Cl2N2O/c1-14(2)9-10-25-22(27)12-17(15-7-8-19(23)20(24)11-15)18-13-26-21-6-4-3-5-16(18)21/h3-8,11,13-14,17,26H,9-10,12H2,1-2H3,(H,25,27)/t17-/m0/s1. The van der Waals surface area contributed by atoms with Crippen molar-refractivity contribution in [2.75, 3.05) is 6.54 Å². The molecule has 0 spiro atoms. The van der Waals surface area contributed by atoms with Crippen LogP contribution in [0.2, 0.25) is 10.0 Å². The average Bonchev–Trinajstić information content (AvgIpc) is 3.06. The van der Waals surface area contributed by atoms with Crippen molar-refractivity contribution >= 4 is 40.0 Å². The van der Waals surface area contributed by atoms with Gasteiger partial charge in [-0.25, -0.2) is 0 Å². The highest BCUT2D eigenvalue weighted by molar-refractivity contribution is 6.42. The molecule has 0 aliphatic heterocycles. The van der Waals surface area contributed by atoms with Gasteiger partial charge in [0.15, 0.2) is 0 Å². The number of aromatic amines is 1. The minimum atomic E-state index is -0.102. The van der Waals surface area contributed by atoms with Gasteiger partial charge in [-0.15, -0.1) is 0 Å². The number of hydrogen-bond acceptors (Lipinski definition) is 1. The summed E-state index contributed by atoms with van der Waals surface area (Å²) in [6.45, 7) is 4.99. The van der Waals surface area contributed by atoms with Crippen LogP contribution in [0.5, 0.6) is 0 Å². The van der Waals surface area contributed by atoms with E-state index in [-0.39, 0.29) is 11.8 Å².